The van der Waals surface area contributed by atoms with Gasteiger partial charge in [-0.1, -0.05) is 78.3 Å². The minimum Gasteiger partial charge on any atom is -0.489 e. The second kappa shape index (κ2) is 16.3. The van der Waals surface area contributed by atoms with E-state index in [4.69, 9.17) is 16.3 Å². The summed E-state index contributed by atoms with van der Waals surface area (Å²) in [5, 5.41) is 8.17. The van der Waals surface area contributed by atoms with Crippen molar-refractivity contribution in [1.29, 1.82) is 0 Å². The van der Waals surface area contributed by atoms with E-state index < -0.39 is 17.6 Å². The molecule has 0 unspecified atom stereocenters. The summed E-state index contributed by atoms with van der Waals surface area (Å²) >= 11 is 7.05. The minimum absolute atomic E-state index is 0.0344. The Kier molecular flexibility index (Phi) is 11.4. The molecule has 0 bridgehead atoms. The number of carbonyl (C=O) groups is 3. The van der Waals surface area contributed by atoms with E-state index in [9.17, 15) is 18.8 Å². The predicted octanol–water partition coefficient (Wildman–Crippen LogP) is 8.20. The van der Waals surface area contributed by atoms with Crippen LogP contribution < -0.4 is 20.7 Å². The lowest BCUT2D eigenvalue weighted by atomic mass is 10.1. The van der Waals surface area contributed by atoms with Gasteiger partial charge in [-0.3, -0.25) is 14.4 Å². The zero-order valence-corrected chi connectivity index (χ0v) is 26.5. The maximum atomic E-state index is 13.5. The minimum atomic E-state index is -0.572. The third-order valence-corrected chi connectivity index (χ3v) is 7.92. The van der Waals surface area contributed by atoms with Crippen molar-refractivity contribution in [2.45, 2.75) is 11.5 Å². The fourth-order valence-corrected chi connectivity index (χ4v) is 5.23. The van der Waals surface area contributed by atoms with Crippen molar-refractivity contribution in [2.24, 2.45) is 0 Å². The molecule has 5 aromatic rings. The second-order valence-electron chi connectivity index (χ2n) is 10.2. The molecule has 10 heteroatoms. The highest BCUT2D eigenvalue weighted by molar-refractivity contribution is 8.00. The number of hydrogen-bond acceptors (Lipinski definition) is 5. The molecular weight excluding hydrogens is 637 g/mol. The Morgan fingerprint density at radius 2 is 1.47 bits per heavy atom. The highest BCUT2D eigenvalue weighted by Crippen LogP contribution is 2.24. The molecule has 0 saturated carbocycles. The lowest BCUT2D eigenvalue weighted by Crippen LogP contribution is -2.30. The molecule has 0 saturated heterocycles. The van der Waals surface area contributed by atoms with Crippen LogP contribution in [0, 0.1) is 5.82 Å². The molecule has 0 fully saturated rings. The van der Waals surface area contributed by atoms with E-state index in [0.29, 0.717) is 34.9 Å². The Balaban J connectivity index is 1.26. The SMILES string of the molecule is O=C(CSc1cccc(NC(=O)/C(=C\c2ccc(OCc3ccccc3)cc2)NC(=O)c2ccccc2)c1)Nc1ccc(F)c(Cl)c1. The van der Waals surface area contributed by atoms with Crippen molar-refractivity contribution >= 4 is 58.5 Å². The van der Waals surface area contributed by atoms with Gasteiger partial charge in [-0.15, -0.1) is 11.8 Å². The third-order valence-electron chi connectivity index (χ3n) is 6.63. The molecule has 47 heavy (non-hydrogen) atoms. The van der Waals surface area contributed by atoms with Gasteiger partial charge in [0.15, 0.2) is 0 Å². The Morgan fingerprint density at radius 1 is 0.766 bits per heavy atom. The maximum absolute atomic E-state index is 13.5. The Hall–Kier alpha value is -5.38. The van der Waals surface area contributed by atoms with Gasteiger partial charge in [-0.2, -0.15) is 0 Å². The first-order chi connectivity index (χ1) is 22.8. The molecule has 0 aliphatic carbocycles. The Morgan fingerprint density at radius 3 is 2.19 bits per heavy atom. The average Bonchev–Trinajstić information content (AvgIpc) is 3.09. The molecule has 3 amide bonds. The van der Waals surface area contributed by atoms with Gasteiger partial charge in [-0.25, -0.2) is 4.39 Å². The molecule has 0 spiro atoms. The van der Waals surface area contributed by atoms with Crippen LogP contribution in [-0.4, -0.2) is 23.5 Å². The highest BCUT2D eigenvalue weighted by Gasteiger charge is 2.16. The number of ether oxygens (including phenoxy) is 1. The van der Waals surface area contributed by atoms with Crippen molar-refractivity contribution in [3.05, 3.63) is 161 Å². The van der Waals surface area contributed by atoms with Crippen molar-refractivity contribution in [1.82, 2.24) is 5.32 Å². The lowest BCUT2D eigenvalue weighted by molar-refractivity contribution is -0.114. The normalized spacial score (nSPS) is 11.0. The molecule has 0 aromatic heterocycles. The van der Waals surface area contributed by atoms with E-state index in [1.54, 1.807) is 84.9 Å². The molecule has 7 nitrogen and oxygen atoms in total. The summed E-state index contributed by atoms with van der Waals surface area (Å²) in [7, 11) is 0. The van der Waals surface area contributed by atoms with Crippen LogP contribution in [0.2, 0.25) is 5.02 Å². The monoisotopic (exact) mass is 665 g/mol. The van der Waals surface area contributed by atoms with Crippen LogP contribution in [0.1, 0.15) is 21.5 Å². The number of anilines is 2. The third kappa shape index (κ3) is 10.1. The molecule has 5 rings (SSSR count). The van der Waals surface area contributed by atoms with Gasteiger partial charge < -0.3 is 20.7 Å². The fraction of sp³-hybridized carbons (Fsp3) is 0.0541. The number of hydrogen-bond donors (Lipinski definition) is 3. The molecular formula is C37H29ClFN3O4S. The molecule has 0 heterocycles. The van der Waals surface area contributed by atoms with E-state index in [1.807, 2.05) is 30.3 Å². The van der Waals surface area contributed by atoms with Crippen LogP contribution in [0.3, 0.4) is 0 Å². The first-order valence-corrected chi connectivity index (χ1v) is 15.8. The lowest BCUT2D eigenvalue weighted by Gasteiger charge is -2.12. The topological polar surface area (TPSA) is 96.5 Å². The van der Waals surface area contributed by atoms with Crippen LogP contribution in [-0.2, 0) is 16.2 Å². The molecule has 5 aromatic carbocycles. The zero-order chi connectivity index (χ0) is 33.0. The number of thioether (sulfide) groups is 1. The van der Waals surface area contributed by atoms with Gasteiger partial charge in [-0.05, 0) is 77.9 Å². The quantitative estimate of drug-likeness (QED) is 0.0922. The summed E-state index contributed by atoms with van der Waals surface area (Å²) in [6.07, 6.45) is 1.59. The summed E-state index contributed by atoms with van der Waals surface area (Å²) in [4.78, 5) is 39.7. The van der Waals surface area contributed by atoms with Crippen molar-refractivity contribution < 1.29 is 23.5 Å². The van der Waals surface area contributed by atoms with Crippen LogP contribution >= 0.6 is 23.4 Å². The van der Waals surface area contributed by atoms with Gasteiger partial charge >= 0.3 is 0 Å². The van der Waals surface area contributed by atoms with Gasteiger partial charge in [0.1, 0.15) is 23.9 Å². The number of halogens is 2. The average molecular weight is 666 g/mol. The van der Waals surface area contributed by atoms with Crippen LogP contribution in [0.4, 0.5) is 15.8 Å². The molecule has 0 atom stereocenters. The summed E-state index contributed by atoms with van der Waals surface area (Å²) in [5.74, 6) is -1.13. The Labute approximate surface area is 280 Å². The molecule has 3 N–H and O–H groups in total. The Bertz CT molecular complexity index is 1890. The number of nitrogens with one attached hydrogen (secondary N) is 3. The van der Waals surface area contributed by atoms with Crippen LogP contribution in [0.5, 0.6) is 5.75 Å². The van der Waals surface area contributed by atoms with Crippen LogP contribution in [0.25, 0.3) is 6.08 Å². The number of carbonyl (C=O) groups excluding carboxylic acids is 3. The first-order valence-electron chi connectivity index (χ1n) is 14.5. The van der Waals surface area contributed by atoms with E-state index in [2.05, 4.69) is 16.0 Å². The van der Waals surface area contributed by atoms with Gasteiger partial charge in [0.25, 0.3) is 11.8 Å². The first kappa shape index (κ1) is 33.0. The van der Waals surface area contributed by atoms with E-state index in [-0.39, 0.29) is 22.4 Å². The van der Waals surface area contributed by atoms with E-state index in [0.717, 1.165) is 10.5 Å². The standard InChI is InChI=1S/C37H29ClFN3O4S/c38-32-22-29(16-19-33(32)39)40-35(43)24-47-31-13-7-12-28(21-31)41-37(45)34(42-36(44)27-10-5-2-6-11-27)20-25-14-17-30(18-15-25)46-23-26-8-3-1-4-9-26/h1-22H,23-24H2,(H,40,43)(H,41,45)(H,42,44)/b34-20+. The van der Waals surface area contributed by atoms with Gasteiger partial charge in [0.05, 0.1) is 10.8 Å². The molecule has 0 radical (unpaired) electrons. The van der Waals surface area contributed by atoms with Crippen molar-refractivity contribution in [3.63, 3.8) is 0 Å². The number of rotatable bonds is 12. The van der Waals surface area contributed by atoms with Crippen molar-refractivity contribution in [2.75, 3.05) is 16.4 Å². The summed E-state index contributed by atoms with van der Waals surface area (Å²) in [5.41, 5.74) is 3.00. The molecule has 236 valence electrons. The molecule has 0 aliphatic rings. The summed E-state index contributed by atoms with van der Waals surface area (Å²) < 4.78 is 19.3. The smallest absolute Gasteiger partial charge is 0.272 e. The number of amides is 3. The fourth-order valence-electron chi connectivity index (χ4n) is 4.29. The predicted molar refractivity (Wildman–Crippen MR) is 185 cm³/mol. The highest BCUT2D eigenvalue weighted by atomic mass is 35.5. The largest absolute Gasteiger partial charge is 0.489 e. The van der Waals surface area contributed by atoms with Gasteiger partial charge in [0.2, 0.25) is 5.91 Å². The second-order valence-corrected chi connectivity index (χ2v) is 11.6. The summed E-state index contributed by atoms with van der Waals surface area (Å²) in [6, 6.07) is 36.5. The number of benzene rings is 5. The molecule has 0 aliphatic heterocycles. The van der Waals surface area contributed by atoms with Crippen LogP contribution in [0.15, 0.2) is 138 Å². The van der Waals surface area contributed by atoms with Gasteiger partial charge in [0, 0.05) is 21.8 Å². The van der Waals surface area contributed by atoms with E-state index in [1.165, 1.54) is 30.0 Å². The maximum Gasteiger partial charge on any atom is 0.272 e. The zero-order valence-electron chi connectivity index (χ0n) is 24.9. The summed E-state index contributed by atoms with van der Waals surface area (Å²) in [6.45, 7) is 0.419. The van der Waals surface area contributed by atoms with E-state index >= 15 is 0 Å². The van der Waals surface area contributed by atoms with Crippen molar-refractivity contribution in [3.8, 4) is 5.75 Å².